The molecule has 0 aliphatic heterocycles. The van der Waals surface area contributed by atoms with Crippen LogP contribution in [0.3, 0.4) is 0 Å². The Labute approximate surface area is 165 Å². The van der Waals surface area contributed by atoms with E-state index in [1.165, 1.54) is 18.0 Å². The van der Waals surface area contributed by atoms with Crippen molar-refractivity contribution in [1.29, 1.82) is 0 Å². The highest BCUT2D eigenvalue weighted by Gasteiger charge is 2.10. The predicted octanol–water partition coefficient (Wildman–Crippen LogP) is 3.08. The molecule has 0 spiro atoms. The van der Waals surface area contributed by atoms with E-state index in [9.17, 15) is 9.59 Å². The van der Waals surface area contributed by atoms with Gasteiger partial charge in [-0.2, -0.15) is 0 Å². The summed E-state index contributed by atoms with van der Waals surface area (Å²) in [5.74, 6) is -0.406. The third kappa shape index (κ3) is 4.99. The number of aryl methyl sites for hydroxylation is 1. The second kappa shape index (κ2) is 8.41. The van der Waals surface area contributed by atoms with Gasteiger partial charge >= 0.3 is 0 Å². The van der Waals surface area contributed by atoms with Crippen molar-refractivity contribution < 1.29 is 9.59 Å². The summed E-state index contributed by atoms with van der Waals surface area (Å²) in [6.07, 6.45) is 1.51. The van der Waals surface area contributed by atoms with Gasteiger partial charge in [-0.3, -0.25) is 9.59 Å². The third-order valence-corrected chi connectivity index (χ3v) is 5.03. The number of fused-ring (bicyclic) bond motifs is 1. The number of halogens is 1. The van der Waals surface area contributed by atoms with Gasteiger partial charge in [0.15, 0.2) is 10.8 Å². The number of pyridine rings is 1. The van der Waals surface area contributed by atoms with Gasteiger partial charge in [-0.05, 0) is 37.1 Å². The average Bonchev–Trinajstić information content (AvgIpc) is 3.04. The number of carbonyl (C=O) groups excluding carboxylic acids is 2. The Bertz CT molecular complexity index is 1000. The average molecular weight is 404 g/mol. The van der Waals surface area contributed by atoms with Gasteiger partial charge < -0.3 is 15.6 Å². The Morgan fingerprint density at radius 2 is 2.07 bits per heavy atom. The molecule has 2 aromatic heterocycles. The van der Waals surface area contributed by atoms with Crippen molar-refractivity contribution in [2.45, 2.75) is 19.0 Å². The van der Waals surface area contributed by atoms with Crippen LogP contribution in [0.25, 0.3) is 11.2 Å². The van der Waals surface area contributed by atoms with Crippen LogP contribution in [0.1, 0.15) is 11.1 Å². The highest BCUT2D eigenvalue weighted by atomic mass is 35.5. The number of imidazole rings is 1. The van der Waals surface area contributed by atoms with Gasteiger partial charge in [-0.15, -0.1) is 0 Å². The first-order valence-corrected chi connectivity index (χ1v) is 9.55. The van der Waals surface area contributed by atoms with Gasteiger partial charge in [-0.1, -0.05) is 35.5 Å². The van der Waals surface area contributed by atoms with Crippen LogP contribution in [0.4, 0.5) is 5.69 Å². The molecular formula is C18H18ClN5O2S. The molecule has 0 radical (unpaired) electrons. The molecule has 0 fully saturated rings. The lowest BCUT2D eigenvalue weighted by atomic mass is 10.1. The molecule has 3 aromatic rings. The van der Waals surface area contributed by atoms with Crippen LogP contribution in [-0.4, -0.2) is 39.1 Å². The van der Waals surface area contributed by atoms with Crippen molar-refractivity contribution in [3.8, 4) is 0 Å². The zero-order valence-electron chi connectivity index (χ0n) is 14.8. The summed E-state index contributed by atoms with van der Waals surface area (Å²) in [5, 5.41) is 6.48. The maximum Gasteiger partial charge on any atom is 0.243 e. The van der Waals surface area contributed by atoms with E-state index < -0.39 is 0 Å². The summed E-state index contributed by atoms with van der Waals surface area (Å²) in [4.78, 5) is 35.4. The monoisotopic (exact) mass is 403 g/mol. The van der Waals surface area contributed by atoms with Crippen LogP contribution in [0.2, 0.25) is 5.02 Å². The van der Waals surface area contributed by atoms with E-state index in [2.05, 4.69) is 25.6 Å². The highest BCUT2D eigenvalue weighted by Crippen LogP contribution is 2.20. The smallest absolute Gasteiger partial charge is 0.243 e. The fourth-order valence-electron chi connectivity index (χ4n) is 2.37. The lowest BCUT2D eigenvalue weighted by molar-refractivity contribution is -0.122. The zero-order chi connectivity index (χ0) is 19.4. The molecule has 27 heavy (non-hydrogen) atoms. The number of hydrogen-bond acceptors (Lipinski definition) is 5. The van der Waals surface area contributed by atoms with E-state index in [4.69, 9.17) is 11.6 Å². The van der Waals surface area contributed by atoms with Crippen LogP contribution in [0.5, 0.6) is 0 Å². The second-order valence-electron chi connectivity index (χ2n) is 5.93. The van der Waals surface area contributed by atoms with Crippen molar-refractivity contribution in [2.75, 3.05) is 17.6 Å². The summed E-state index contributed by atoms with van der Waals surface area (Å²) in [6.45, 7) is 3.82. The van der Waals surface area contributed by atoms with E-state index in [1.807, 2.05) is 32.0 Å². The molecule has 0 saturated carbocycles. The minimum Gasteiger partial charge on any atom is -0.346 e. The number of anilines is 1. The minimum atomic E-state index is -0.273. The molecule has 140 valence electrons. The quantitative estimate of drug-likeness (QED) is 0.549. The van der Waals surface area contributed by atoms with Crippen LogP contribution in [0.15, 0.2) is 35.6 Å². The number of aromatic amines is 1. The maximum absolute atomic E-state index is 12.0. The van der Waals surface area contributed by atoms with Crippen molar-refractivity contribution in [3.63, 3.8) is 0 Å². The predicted molar refractivity (Wildman–Crippen MR) is 107 cm³/mol. The van der Waals surface area contributed by atoms with Crippen molar-refractivity contribution in [3.05, 3.63) is 46.6 Å². The zero-order valence-corrected chi connectivity index (χ0v) is 16.4. The topological polar surface area (TPSA) is 99.8 Å². The molecular weight excluding hydrogens is 386 g/mol. The fourth-order valence-corrected chi connectivity index (χ4v) is 3.23. The third-order valence-electron chi connectivity index (χ3n) is 3.95. The van der Waals surface area contributed by atoms with Gasteiger partial charge in [0.2, 0.25) is 11.8 Å². The molecule has 2 amide bonds. The van der Waals surface area contributed by atoms with E-state index in [-0.39, 0.29) is 24.1 Å². The summed E-state index contributed by atoms with van der Waals surface area (Å²) in [6, 6.07) is 7.41. The van der Waals surface area contributed by atoms with Gasteiger partial charge in [0.05, 0.1) is 22.8 Å². The molecule has 0 saturated heterocycles. The Morgan fingerprint density at radius 1 is 1.26 bits per heavy atom. The number of amides is 2. The highest BCUT2D eigenvalue weighted by molar-refractivity contribution is 7.99. The molecule has 1 aromatic carbocycles. The van der Waals surface area contributed by atoms with Gasteiger partial charge in [0.25, 0.3) is 0 Å². The lowest BCUT2D eigenvalue weighted by Crippen LogP contribution is -2.34. The molecule has 7 nitrogen and oxygen atoms in total. The van der Waals surface area contributed by atoms with Crippen molar-refractivity contribution in [1.82, 2.24) is 20.3 Å². The van der Waals surface area contributed by atoms with Crippen LogP contribution in [0, 0.1) is 13.8 Å². The summed E-state index contributed by atoms with van der Waals surface area (Å²) in [5.41, 5.74) is 4.09. The van der Waals surface area contributed by atoms with Gasteiger partial charge in [0, 0.05) is 11.9 Å². The summed E-state index contributed by atoms with van der Waals surface area (Å²) < 4.78 is 0. The Kier molecular flexibility index (Phi) is 5.98. The maximum atomic E-state index is 12.0. The Hall–Kier alpha value is -2.58. The number of aromatic nitrogens is 3. The summed E-state index contributed by atoms with van der Waals surface area (Å²) >= 11 is 7.11. The minimum absolute atomic E-state index is 0.0932. The number of rotatable bonds is 6. The number of benzene rings is 1. The fraction of sp³-hybridized carbons (Fsp3) is 0.222. The Balaban J connectivity index is 1.47. The molecule has 0 bridgehead atoms. The first-order valence-electron chi connectivity index (χ1n) is 8.19. The van der Waals surface area contributed by atoms with Gasteiger partial charge in [0.1, 0.15) is 0 Å². The van der Waals surface area contributed by atoms with Crippen molar-refractivity contribution in [2.24, 2.45) is 0 Å². The first-order chi connectivity index (χ1) is 12.9. The summed E-state index contributed by atoms with van der Waals surface area (Å²) in [7, 11) is 0. The van der Waals surface area contributed by atoms with Gasteiger partial charge in [-0.25, -0.2) is 9.97 Å². The molecule has 2 heterocycles. The largest absolute Gasteiger partial charge is 0.346 e. The van der Waals surface area contributed by atoms with E-state index in [1.54, 1.807) is 6.07 Å². The number of thioether (sulfide) groups is 1. The molecule has 3 N–H and O–H groups in total. The van der Waals surface area contributed by atoms with Crippen LogP contribution >= 0.6 is 23.4 Å². The number of hydrogen-bond donors (Lipinski definition) is 3. The normalized spacial score (nSPS) is 10.8. The molecule has 0 unspecified atom stereocenters. The molecule has 0 aliphatic rings. The standard InChI is InChI=1S/C18H18ClN5O2S/c1-10-4-3-5-13(11(10)2)22-15(25)8-20-16(26)9-27-18-23-14-6-12(19)7-21-17(14)24-18/h3-7H,8-9H2,1-2H3,(H,20,26)(H,22,25)(H,21,23,24). The molecule has 9 heteroatoms. The molecule has 0 atom stereocenters. The van der Waals surface area contributed by atoms with E-state index in [0.717, 1.165) is 16.8 Å². The first kappa shape index (κ1) is 19.2. The second-order valence-corrected chi connectivity index (χ2v) is 7.33. The SMILES string of the molecule is Cc1cccc(NC(=O)CNC(=O)CSc2nc3ncc(Cl)cc3[nH]2)c1C. The lowest BCUT2D eigenvalue weighted by Gasteiger charge is -2.10. The number of nitrogens with zero attached hydrogens (tertiary/aromatic N) is 2. The molecule has 3 rings (SSSR count). The van der Waals surface area contributed by atoms with Crippen molar-refractivity contribution >= 4 is 52.0 Å². The van der Waals surface area contributed by atoms with E-state index >= 15 is 0 Å². The van der Waals surface area contributed by atoms with E-state index in [0.29, 0.717) is 21.3 Å². The Morgan fingerprint density at radius 3 is 2.89 bits per heavy atom. The van der Waals surface area contributed by atoms with Crippen LogP contribution < -0.4 is 10.6 Å². The molecule has 0 aliphatic carbocycles. The number of H-pyrrole nitrogens is 1. The number of nitrogens with one attached hydrogen (secondary N) is 3. The number of carbonyl (C=O) groups is 2. The van der Waals surface area contributed by atoms with Crippen LogP contribution in [-0.2, 0) is 9.59 Å².